The fraction of sp³-hybridized carbons (Fsp3) is 0.650. The standard InChI is InChI=1S/C20H33N3O4S/c1-6-21-19(23-14-20(3,4)28(5,24)25)22-12-16-8-7-15(2)11-18(16)27-17-9-10-26-13-17/h7-8,11,17H,6,9-10,12-14H2,1-5H3,(H2,21,22,23). The van der Waals surface area contributed by atoms with Crippen LogP contribution in [-0.2, 0) is 21.1 Å². The Hall–Kier alpha value is -1.80. The van der Waals surface area contributed by atoms with Crippen molar-refractivity contribution in [2.45, 2.75) is 51.5 Å². The van der Waals surface area contributed by atoms with Crippen LogP contribution in [-0.4, -0.2) is 57.8 Å². The summed E-state index contributed by atoms with van der Waals surface area (Å²) >= 11 is 0. The summed E-state index contributed by atoms with van der Waals surface area (Å²) in [5.41, 5.74) is 2.11. The molecule has 1 aromatic rings. The molecule has 0 bridgehead atoms. The van der Waals surface area contributed by atoms with Gasteiger partial charge in [-0.1, -0.05) is 12.1 Å². The summed E-state index contributed by atoms with van der Waals surface area (Å²) in [5.74, 6) is 1.40. The van der Waals surface area contributed by atoms with Gasteiger partial charge in [0, 0.05) is 31.3 Å². The second-order valence-corrected chi connectivity index (χ2v) is 10.4. The molecule has 0 amide bonds. The minimum Gasteiger partial charge on any atom is -0.488 e. The fourth-order valence-corrected chi connectivity index (χ4v) is 2.96. The van der Waals surface area contributed by atoms with Crippen LogP contribution in [0.3, 0.4) is 0 Å². The number of hydrogen-bond acceptors (Lipinski definition) is 5. The molecule has 0 aliphatic carbocycles. The van der Waals surface area contributed by atoms with Gasteiger partial charge in [0.1, 0.15) is 11.9 Å². The van der Waals surface area contributed by atoms with Gasteiger partial charge in [-0.05, 0) is 39.3 Å². The minimum absolute atomic E-state index is 0.0754. The Morgan fingerprint density at radius 3 is 2.71 bits per heavy atom. The van der Waals surface area contributed by atoms with Crippen LogP contribution in [0.2, 0.25) is 0 Å². The summed E-state index contributed by atoms with van der Waals surface area (Å²) in [6, 6.07) is 6.08. The lowest BCUT2D eigenvalue weighted by atomic mass is 10.1. The molecule has 0 radical (unpaired) electrons. The van der Waals surface area contributed by atoms with Crippen molar-refractivity contribution in [2.75, 3.05) is 32.6 Å². The first kappa shape index (κ1) is 22.5. The van der Waals surface area contributed by atoms with Gasteiger partial charge < -0.3 is 20.1 Å². The van der Waals surface area contributed by atoms with Gasteiger partial charge in [-0.25, -0.2) is 13.4 Å². The van der Waals surface area contributed by atoms with Crippen LogP contribution >= 0.6 is 0 Å². The molecule has 0 aromatic heterocycles. The van der Waals surface area contributed by atoms with E-state index < -0.39 is 14.6 Å². The second kappa shape index (κ2) is 9.60. The third kappa shape index (κ3) is 6.38. The van der Waals surface area contributed by atoms with Crippen molar-refractivity contribution in [3.63, 3.8) is 0 Å². The van der Waals surface area contributed by atoms with Gasteiger partial charge in [-0.3, -0.25) is 0 Å². The lowest BCUT2D eigenvalue weighted by Gasteiger charge is -2.24. The van der Waals surface area contributed by atoms with Crippen LogP contribution in [0.1, 0.15) is 38.3 Å². The maximum absolute atomic E-state index is 11.9. The molecule has 7 nitrogen and oxygen atoms in total. The van der Waals surface area contributed by atoms with Crippen LogP contribution in [0, 0.1) is 6.92 Å². The predicted molar refractivity (Wildman–Crippen MR) is 113 cm³/mol. The summed E-state index contributed by atoms with van der Waals surface area (Å²) in [5, 5.41) is 6.30. The number of nitrogens with zero attached hydrogens (tertiary/aromatic N) is 1. The second-order valence-electron chi connectivity index (χ2n) is 7.80. The highest BCUT2D eigenvalue weighted by Crippen LogP contribution is 2.24. The average Bonchev–Trinajstić information content (AvgIpc) is 3.11. The number of sulfone groups is 1. The third-order valence-corrected chi connectivity index (χ3v) is 6.99. The van der Waals surface area contributed by atoms with Crippen LogP contribution in [0.4, 0.5) is 0 Å². The van der Waals surface area contributed by atoms with E-state index in [4.69, 9.17) is 9.47 Å². The number of hydrogen-bond donors (Lipinski definition) is 2. The number of aryl methyl sites for hydroxylation is 1. The number of benzene rings is 1. The Morgan fingerprint density at radius 1 is 1.36 bits per heavy atom. The molecule has 1 saturated heterocycles. The first-order chi connectivity index (χ1) is 13.1. The van der Waals surface area contributed by atoms with Crippen molar-refractivity contribution in [1.29, 1.82) is 0 Å². The molecule has 1 atom stereocenters. The normalized spacial score (nSPS) is 18.2. The van der Waals surface area contributed by atoms with E-state index in [1.807, 2.05) is 32.0 Å². The van der Waals surface area contributed by atoms with Gasteiger partial charge in [0.15, 0.2) is 15.8 Å². The SMILES string of the molecule is CCNC(=NCc1ccc(C)cc1OC1CCOC1)NCC(C)(C)S(C)(=O)=O. The smallest absolute Gasteiger partial charge is 0.191 e. The van der Waals surface area contributed by atoms with Gasteiger partial charge >= 0.3 is 0 Å². The summed E-state index contributed by atoms with van der Waals surface area (Å²) in [6.07, 6.45) is 2.22. The number of ether oxygens (including phenoxy) is 2. The van der Waals surface area contributed by atoms with Gasteiger partial charge in [-0.2, -0.15) is 0 Å². The Bertz CT molecular complexity index is 785. The topological polar surface area (TPSA) is 89.0 Å². The molecule has 1 heterocycles. The molecule has 8 heteroatoms. The Balaban J connectivity index is 2.11. The van der Waals surface area contributed by atoms with Crippen LogP contribution in [0.25, 0.3) is 0 Å². The lowest BCUT2D eigenvalue weighted by Crippen LogP contribution is -2.47. The lowest BCUT2D eigenvalue weighted by molar-refractivity contribution is 0.140. The van der Waals surface area contributed by atoms with Crippen molar-refractivity contribution in [2.24, 2.45) is 4.99 Å². The Kier molecular flexibility index (Phi) is 7.71. The molecule has 2 rings (SSSR count). The zero-order valence-corrected chi connectivity index (χ0v) is 18.4. The molecule has 1 aromatic carbocycles. The first-order valence-electron chi connectivity index (χ1n) is 9.68. The van der Waals surface area contributed by atoms with E-state index in [0.29, 0.717) is 25.7 Å². The summed E-state index contributed by atoms with van der Waals surface area (Å²) in [6.45, 7) is 10.1. The van der Waals surface area contributed by atoms with Crippen molar-refractivity contribution < 1.29 is 17.9 Å². The van der Waals surface area contributed by atoms with E-state index in [9.17, 15) is 8.42 Å². The number of rotatable bonds is 8. The molecule has 1 unspecified atom stereocenters. The van der Waals surface area contributed by atoms with Crippen molar-refractivity contribution in [3.8, 4) is 5.75 Å². The molecule has 1 aliphatic rings. The first-order valence-corrected chi connectivity index (χ1v) is 11.6. The summed E-state index contributed by atoms with van der Waals surface area (Å²) in [7, 11) is -3.18. The van der Waals surface area contributed by atoms with E-state index in [1.165, 1.54) is 6.26 Å². The highest BCUT2D eigenvalue weighted by atomic mass is 32.2. The van der Waals surface area contributed by atoms with E-state index >= 15 is 0 Å². The number of aliphatic imine (C=N–C) groups is 1. The van der Waals surface area contributed by atoms with Crippen LogP contribution in [0.5, 0.6) is 5.75 Å². The van der Waals surface area contributed by atoms with Crippen LogP contribution < -0.4 is 15.4 Å². The molecular weight excluding hydrogens is 378 g/mol. The van der Waals surface area contributed by atoms with Crippen molar-refractivity contribution in [1.82, 2.24) is 10.6 Å². The quantitative estimate of drug-likeness (QED) is 0.503. The zero-order valence-electron chi connectivity index (χ0n) is 17.5. The summed E-state index contributed by atoms with van der Waals surface area (Å²) < 4.78 is 34.5. The predicted octanol–water partition coefficient (Wildman–Crippen LogP) is 2.04. The van der Waals surface area contributed by atoms with Crippen molar-refractivity contribution in [3.05, 3.63) is 29.3 Å². The Labute approximate surface area is 168 Å². The zero-order chi connectivity index (χ0) is 20.8. The minimum atomic E-state index is -3.18. The number of guanidine groups is 1. The van der Waals surface area contributed by atoms with Gasteiger partial charge in [0.05, 0.1) is 24.5 Å². The van der Waals surface area contributed by atoms with Crippen LogP contribution in [0.15, 0.2) is 23.2 Å². The highest BCUT2D eigenvalue weighted by molar-refractivity contribution is 7.92. The largest absolute Gasteiger partial charge is 0.488 e. The fourth-order valence-electron chi connectivity index (χ4n) is 2.62. The molecular formula is C20H33N3O4S. The molecule has 1 fully saturated rings. The average molecular weight is 412 g/mol. The van der Waals surface area contributed by atoms with E-state index in [1.54, 1.807) is 13.8 Å². The van der Waals surface area contributed by atoms with Gasteiger partial charge in [0.25, 0.3) is 0 Å². The van der Waals surface area contributed by atoms with Gasteiger partial charge in [0.2, 0.25) is 0 Å². The molecule has 0 saturated carbocycles. The maximum Gasteiger partial charge on any atom is 0.191 e. The van der Waals surface area contributed by atoms with E-state index in [-0.39, 0.29) is 12.6 Å². The summed E-state index contributed by atoms with van der Waals surface area (Å²) in [4.78, 5) is 4.62. The molecule has 28 heavy (non-hydrogen) atoms. The molecule has 0 spiro atoms. The molecule has 2 N–H and O–H groups in total. The van der Waals surface area contributed by atoms with Gasteiger partial charge in [-0.15, -0.1) is 0 Å². The van der Waals surface area contributed by atoms with E-state index in [0.717, 1.165) is 29.9 Å². The monoisotopic (exact) mass is 411 g/mol. The Morgan fingerprint density at radius 2 is 2.11 bits per heavy atom. The molecule has 1 aliphatic heterocycles. The van der Waals surface area contributed by atoms with Crippen molar-refractivity contribution >= 4 is 15.8 Å². The number of nitrogens with one attached hydrogen (secondary N) is 2. The molecule has 158 valence electrons. The maximum atomic E-state index is 11.9. The highest BCUT2D eigenvalue weighted by Gasteiger charge is 2.30. The van der Waals surface area contributed by atoms with E-state index in [2.05, 4.69) is 15.6 Å². The third-order valence-electron chi connectivity index (χ3n) is 4.84.